The number of rotatable bonds is 6. The van der Waals surface area contributed by atoms with Crippen molar-refractivity contribution in [2.75, 3.05) is 23.3 Å². The highest BCUT2D eigenvalue weighted by Crippen LogP contribution is 2.24. The molecule has 18 heavy (non-hydrogen) atoms. The maximum Gasteiger partial charge on any atom is 0.227 e. The van der Waals surface area contributed by atoms with Crippen LogP contribution in [0, 0.1) is 0 Å². The number of amides is 1. The van der Waals surface area contributed by atoms with Crippen molar-refractivity contribution in [1.29, 1.82) is 0 Å². The molecule has 3 nitrogen and oxygen atoms in total. The van der Waals surface area contributed by atoms with Gasteiger partial charge in [0, 0.05) is 30.9 Å². The second kappa shape index (κ2) is 6.43. The number of hydrogen-bond donors (Lipinski definition) is 1. The van der Waals surface area contributed by atoms with Crippen molar-refractivity contribution in [3.63, 3.8) is 0 Å². The van der Waals surface area contributed by atoms with E-state index in [0.717, 1.165) is 30.9 Å². The normalized spacial score (nSPS) is 15.2. The predicted octanol–water partition coefficient (Wildman–Crippen LogP) is 3.42. The second-order valence-corrected chi connectivity index (χ2v) is 4.83. The van der Waals surface area contributed by atoms with Gasteiger partial charge in [0.15, 0.2) is 0 Å². The van der Waals surface area contributed by atoms with Gasteiger partial charge in [-0.2, -0.15) is 0 Å². The van der Waals surface area contributed by atoms with Crippen molar-refractivity contribution in [1.82, 2.24) is 0 Å². The minimum atomic E-state index is 0.248. The van der Waals surface area contributed by atoms with Crippen molar-refractivity contribution in [3.05, 3.63) is 24.3 Å². The molecule has 0 radical (unpaired) electrons. The van der Waals surface area contributed by atoms with E-state index >= 15 is 0 Å². The molecule has 1 heterocycles. The molecule has 1 saturated heterocycles. The lowest BCUT2D eigenvalue weighted by atomic mass is 10.2. The third-order valence-corrected chi connectivity index (χ3v) is 3.34. The van der Waals surface area contributed by atoms with Crippen LogP contribution in [0.2, 0.25) is 0 Å². The van der Waals surface area contributed by atoms with Gasteiger partial charge >= 0.3 is 0 Å². The number of hydrogen-bond acceptors (Lipinski definition) is 2. The Hall–Kier alpha value is -1.51. The highest BCUT2D eigenvalue weighted by atomic mass is 16.2. The molecule has 0 bridgehead atoms. The molecule has 0 aromatic heterocycles. The van der Waals surface area contributed by atoms with Crippen LogP contribution in [0.25, 0.3) is 0 Å². The molecule has 0 unspecified atom stereocenters. The van der Waals surface area contributed by atoms with Gasteiger partial charge in [0.05, 0.1) is 0 Å². The van der Waals surface area contributed by atoms with Crippen LogP contribution < -0.4 is 10.2 Å². The Bertz CT molecular complexity index is 403. The first-order valence-corrected chi connectivity index (χ1v) is 6.95. The van der Waals surface area contributed by atoms with Crippen molar-refractivity contribution in [2.45, 2.75) is 39.0 Å². The number of unbranched alkanes of at least 4 members (excludes halogenated alkanes) is 2. The maximum absolute atomic E-state index is 11.7. The van der Waals surface area contributed by atoms with Crippen LogP contribution >= 0.6 is 0 Å². The maximum atomic E-state index is 11.7. The number of benzene rings is 1. The van der Waals surface area contributed by atoms with E-state index in [9.17, 15) is 4.79 Å². The minimum Gasteiger partial charge on any atom is -0.385 e. The molecule has 1 aliphatic heterocycles. The fourth-order valence-electron chi connectivity index (χ4n) is 2.31. The summed E-state index contributed by atoms with van der Waals surface area (Å²) in [5.74, 6) is 0.248. The Balaban J connectivity index is 1.94. The largest absolute Gasteiger partial charge is 0.385 e. The summed E-state index contributed by atoms with van der Waals surface area (Å²) in [4.78, 5) is 13.6. The van der Waals surface area contributed by atoms with Crippen molar-refractivity contribution in [2.24, 2.45) is 0 Å². The van der Waals surface area contributed by atoms with Crippen molar-refractivity contribution in [3.8, 4) is 0 Å². The highest BCUT2D eigenvalue weighted by Gasteiger charge is 2.21. The van der Waals surface area contributed by atoms with Gasteiger partial charge in [-0.3, -0.25) is 4.79 Å². The quantitative estimate of drug-likeness (QED) is 0.780. The minimum absolute atomic E-state index is 0.248. The summed E-state index contributed by atoms with van der Waals surface area (Å²) in [5, 5.41) is 3.42. The van der Waals surface area contributed by atoms with E-state index in [1.54, 1.807) is 0 Å². The zero-order chi connectivity index (χ0) is 12.8. The molecule has 1 fully saturated rings. The van der Waals surface area contributed by atoms with Crippen LogP contribution in [0.3, 0.4) is 0 Å². The van der Waals surface area contributed by atoms with Gasteiger partial charge in [-0.15, -0.1) is 0 Å². The smallest absolute Gasteiger partial charge is 0.227 e. The van der Waals surface area contributed by atoms with Crippen LogP contribution in [0.15, 0.2) is 24.3 Å². The van der Waals surface area contributed by atoms with E-state index in [-0.39, 0.29) is 5.91 Å². The molecule has 0 saturated carbocycles. The molecular weight excluding hydrogens is 224 g/mol. The Labute approximate surface area is 109 Å². The first kappa shape index (κ1) is 12.9. The number of carbonyl (C=O) groups is 1. The van der Waals surface area contributed by atoms with E-state index in [2.05, 4.69) is 24.4 Å². The summed E-state index contributed by atoms with van der Waals surface area (Å²) >= 11 is 0. The van der Waals surface area contributed by atoms with Gasteiger partial charge < -0.3 is 10.2 Å². The molecule has 2 rings (SSSR count). The summed E-state index contributed by atoms with van der Waals surface area (Å²) in [5.41, 5.74) is 2.14. The number of anilines is 2. The number of carbonyl (C=O) groups excluding carboxylic acids is 1. The summed E-state index contributed by atoms with van der Waals surface area (Å²) < 4.78 is 0. The van der Waals surface area contributed by atoms with E-state index < -0.39 is 0 Å². The first-order valence-electron chi connectivity index (χ1n) is 6.95. The molecule has 1 aromatic rings. The van der Waals surface area contributed by atoms with E-state index in [1.165, 1.54) is 19.3 Å². The summed E-state index contributed by atoms with van der Waals surface area (Å²) in [7, 11) is 0. The van der Waals surface area contributed by atoms with E-state index in [1.807, 2.05) is 17.0 Å². The molecule has 1 amide bonds. The van der Waals surface area contributed by atoms with Crippen LogP contribution in [-0.4, -0.2) is 19.0 Å². The molecule has 1 aromatic carbocycles. The lowest BCUT2D eigenvalue weighted by Gasteiger charge is -2.17. The molecule has 98 valence electrons. The molecule has 3 heteroatoms. The van der Waals surface area contributed by atoms with Gasteiger partial charge in [0.2, 0.25) is 5.91 Å². The van der Waals surface area contributed by atoms with E-state index in [0.29, 0.717) is 6.42 Å². The highest BCUT2D eigenvalue weighted by molar-refractivity contribution is 5.95. The third-order valence-electron chi connectivity index (χ3n) is 3.34. The molecule has 1 N–H and O–H groups in total. The van der Waals surface area contributed by atoms with Crippen LogP contribution in [0.5, 0.6) is 0 Å². The van der Waals surface area contributed by atoms with Gasteiger partial charge in [0.25, 0.3) is 0 Å². The van der Waals surface area contributed by atoms with Gasteiger partial charge in [-0.1, -0.05) is 25.8 Å². The Morgan fingerprint density at radius 3 is 2.94 bits per heavy atom. The predicted molar refractivity (Wildman–Crippen MR) is 76.0 cm³/mol. The summed E-state index contributed by atoms with van der Waals surface area (Å²) in [6.07, 6.45) is 5.37. The monoisotopic (exact) mass is 246 g/mol. The zero-order valence-electron chi connectivity index (χ0n) is 11.1. The lowest BCUT2D eigenvalue weighted by Crippen LogP contribution is -2.23. The molecule has 0 spiro atoms. The fraction of sp³-hybridized carbons (Fsp3) is 0.533. The summed E-state index contributed by atoms with van der Waals surface area (Å²) in [6, 6.07) is 8.18. The molecule has 1 aliphatic rings. The molecule has 0 aliphatic carbocycles. The standard InChI is InChI=1S/C15H22N2O/c1-2-3-4-10-16-13-7-5-8-14(12-13)17-11-6-9-15(17)18/h5,7-8,12,16H,2-4,6,9-11H2,1H3. The summed E-state index contributed by atoms with van der Waals surface area (Å²) in [6.45, 7) is 4.07. The molecule has 0 atom stereocenters. The third kappa shape index (κ3) is 3.25. The number of nitrogens with one attached hydrogen (secondary N) is 1. The van der Waals surface area contributed by atoms with E-state index in [4.69, 9.17) is 0 Å². The van der Waals surface area contributed by atoms with Gasteiger partial charge in [-0.05, 0) is 31.0 Å². The van der Waals surface area contributed by atoms with Gasteiger partial charge in [-0.25, -0.2) is 0 Å². The first-order chi connectivity index (χ1) is 8.81. The second-order valence-electron chi connectivity index (χ2n) is 4.83. The van der Waals surface area contributed by atoms with Crippen molar-refractivity contribution >= 4 is 17.3 Å². The van der Waals surface area contributed by atoms with Crippen LogP contribution in [0.4, 0.5) is 11.4 Å². The Morgan fingerprint density at radius 1 is 1.33 bits per heavy atom. The average molecular weight is 246 g/mol. The van der Waals surface area contributed by atoms with Crippen molar-refractivity contribution < 1.29 is 4.79 Å². The number of nitrogens with zero attached hydrogens (tertiary/aromatic N) is 1. The zero-order valence-corrected chi connectivity index (χ0v) is 11.1. The average Bonchev–Trinajstić information content (AvgIpc) is 2.81. The SMILES string of the molecule is CCCCCNc1cccc(N2CCCC2=O)c1. The van der Waals surface area contributed by atoms with Gasteiger partial charge in [0.1, 0.15) is 0 Å². The Kier molecular flexibility index (Phi) is 4.62. The van der Waals surface area contributed by atoms with Crippen LogP contribution in [0.1, 0.15) is 39.0 Å². The fourth-order valence-corrected chi connectivity index (χ4v) is 2.31. The van der Waals surface area contributed by atoms with Crippen LogP contribution in [-0.2, 0) is 4.79 Å². The molecular formula is C15H22N2O. The topological polar surface area (TPSA) is 32.3 Å². The lowest BCUT2D eigenvalue weighted by molar-refractivity contribution is -0.117. The Morgan fingerprint density at radius 2 is 2.22 bits per heavy atom.